The summed E-state index contributed by atoms with van der Waals surface area (Å²) in [6.45, 7) is 7.50. The van der Waals surface area contributed by atoms with E-state index in [0.717, 1.165) is 4.88 Å². The Kier molecular flexibility index (Phi) is 5.34. The SMILES string of the molecule is C=CCN(Cc1cccs1)S(=O)(=O)N1CCOC(C)C1. The summed E-state index contributed by atoms with van der Waals surface area (Å²) in [5.41, 5.74) is 0. The van der Waals surface area contributed by atoms with Gasteiger partial charge in [-0.3, -0.25) is 0 Å². The van der Waals surface area contributed by atoms with Crippen molar-refractivity contribution >= 4 is 21.5 Å². The van der Waals surface area contributed by atoms with Crippen molar-refractivity contribution in [2.75, 3.05) is 26.2 Å². The Balaban J connectivity index is 2.15. The summed E-state index contributed by atoms with van der Waals surface area (Å²) in [5, 5.41) is 1.95. The monoisotopic (exact) mass is 316 g/mol. The van der Waals surface area contributed by atoms with Gasteiger partial charge in [0.05, 0.1) is 12.7 Å². The number of thiophene rings is 1. The molecule has 5 nitrogen and oxygen atoms in total. The van der Waals surface area contributed by atoms with E-state index in [1.165, 1.54) is 8.61 Å². The topological polar surface area (TPSA) is 49.9 Å². The maximum Gasteiger partial charge on any atom is 0.282 e. The minimum absolute atomic E-state index is 0.0640. The smallest absolute Gasteiger partial charge is 0.282 e. The van der Waals surface area contributed by atoms with Gasteiger partial charge in [-0.25, -0.2) is 0 Å². The highest BCUT2D eigenvalue weighted by Crippen LogP contribution is 2.19. The molecule has 0 bridgehead atoms. The Morgan fingerprint density at radius 2 is 2.45 bits per heavy atom. The van der Waals surface area contributed by atoms with Crippen LogP contribution < -0.4 is 0 Å². The summed E-state index contributed by atoms with van der Waals surface area (Å²) in [6.07, 6.45) is 1.56. The molecule has 1 fully saturated rings. The second-order valence-electron chi connectivity index (χ2n) is 4.71. The second kappa shape index (κ2) is 6.82. The van der Waals surface area contributed by atoms with Crippen molar-refractivity contribution in [2.45, 2.75) is 19.6 Å². The van der Waals surface area contributed by atoms with Gasteiger partial charge in [-0.1, -0.05) is 12.1 Å². The van der Waals surface area contributed by atoms with Crippen molar-refractivity contribution in [1.29, 1.82) is 0 Å². The standard InChI is InChI=1S/C13H20N2O3S2/c1-3-6-14(11-13-5-4-9-19-13)20(16,17)15-7-8-18-12(2)10-15/h3-5,9,12H,1,6-8,10-11H2,2H3. The van der Waals surface area contributed by atoms with E-state index in [0.29, 0.717) is 32.8 Å². The molecule has 20 heavy (non-hydrogen) atoms. The van der Waals surface area contributed by atoms with E-state index in [1.54, 1.807) is 17.4 Å². The third-order valence-corrected chi connectivity index (χ3v) is 5.88. The van der Waals surface area contributed by atoms with Crippen LogP contribution in [0.3, 0.4) is 0 Å². The Hall–Kier alpha value is -0.730. The summed E-state index contributed by atoms with van der Waals surface area (Å²) in [7, 11) is -3.47. The fourth-order valence-corrected chi connectivity index (χ4v) is 4.55. The highest BCUT2D eigenvalue weighted by atomic mass is 32.2. The molecule has 2 heterocycles. The zero-order valence-electron chi connectivity index (χ0n) is 11.6. The molecule has 1 aromatic rings. The molecule has 1 atom stereocenters. The molecule has 0 radical (unpaired) electrons. The minimum atomic E-state index is -3.47. The first kappa shape index (κ1) is 15.7. The molecule has 0 spiro atoms. The van der Waals surface area contributed by atoms with Crippen molar-refractivity contribution < 1.29 is 13.2 Å². The van der Waals surface area contributed by atoms with Crippen molar-refractivity contribution in [2.24, 2.45) is 0 Å². The van der Waals surface area contributed by atoms with Crippen LogP contribution in [-0.2, 0) is 21.5 Å². The van der Waals surface area contributed by atoms with Crippen molar-refractivity contribution in [3.63, 3.8) is 0 Å². The Bertz CT molecular complexity index is 528. The average molecular weight is 316 g/mol. The van der Waals surface area contributed by atoms with Crippen LogP contribution in [0.5, 0.6) is 0 Å². The maximum absolute atomic E-state index is 12.7. The fraction of sp³-hybridized carbons (Fsp3) is 0.538. The normalized spacial score (nSPS) is 21.2. The lowest BCUT2D eigenvalue weighted by Gasteiger charge is -2.34. The quantitative estimate of drug-likeness (QED) is 0.751. The number of ether oxygens (including phenoxy) is 1. The molecule has 0 N–H and O–H groups in total. The lowest BCUT2D eigenvalue weighted by atomic mass is 10.3. The molecule has 1 aromatic heterocycles. The Morgan fingerprint density at radius 1 is 1.65 bits per heavy atom. The molecule has 2 rings (SSSR count). The Morgan fingerprint density at radius 3 is 3.05 bits per heavy atom. The van der Waals surface area contributed by atoms with Gasteiger partial charge in [0.1, 0.15) is 0 Å². The molecule has 0 amide bonds. The van der Waals surface area contributed by atoms with Gasteiger partial charge in [0.2, 0.25) is 0 Å². The van der Waals surface area contributed by atoms with Gasteiger partial charge in [-0.05, 0) is 18.4 Å². The highest BCUT2D eigenvalue weighted by Gasteiger charge is 2.32. The zero-order chi connectivity index (χ0) is 14.6. The largest absolute Gasteiger partial charge is 0.376 e. The van der Waals surface area contributed by atoms with Crippen LogP contribution in [0.4, 0.5) is 0 Å². The third kappa shape index (κ3) is 3.67. The van der Waals surface area contributed by atoms with Gasteiger partial charge in [0.25, 0.3) is 10.2 Å². The van der Waals surface area contributed by atoms with Crippen LogP contribution in [0.15, 0.2) is 30.2 Å². The zero-order valence-corrected chi connectivity index (χ0v) is 13.2. The van der Waals surface area contributed by atoms with Gasteiger partial charge < -0.3 is 4.74 Å². The van der Waals surface area contributed by atoms with E-state index in [-0.39, 0.29) is 6.10 Å². The second-order valence-corrected chi connectivity index (χ2v) is 7.67. The first-order chi connectivity index (χ1) is 9.54. The number of morpholine rings is 1. The third-order valence-electron chi connectivity index (χ3n) is 3.10. The molecule has 0 aromatic carbocycles. The molecule has 1 aliphatic heterocycles. The summed E-state index contributed by atoms with van der Waals surface area (Å²) in [5.74, 6) is 0. The first-order valence-electron chi connectivity index (χ1n) is 6.54. The predicted molar refractivity (Wildman–Crippen MR) is 80.8 cm³/mol. The summed E-state index contributed by atoms with van der Waals surface area (Å²) >= 11 is 1.56. The minimum Gasteiger partial charge on any atom is -0.376 e. The molecule has 0 aliphatic carbocycles. The van der Waals surface area contributed by atoms with Gasteiger partial charge in [0, 0.05) is 31.1 Å². The molecule has 0 saturated carbocycles. The highest BCUT2D eigenvalue weighted by molar-refractivity contribution is 7.86. The van der Waals surface area contributed by atoms with Gasteiger partial charge >= 0.3 is 0 Å². The van der Waals surface area contributed by atoms with Gasteiger partial charge in [-0.2, -0.15) is 17.0 Å². The van der Waals surface area contributed by atoms with E-state index in [2.05, 4.69) is 6.58 Å². The summed E-state index contributed by atoms with van der Waals surface area (Å²) < 4.78 is 33.8. The maximum atomic E-state index is 12.7. The average Bonchev–Trinajstić information content (AvgIpc) is 2.91. The Labute approximate surface area is 124 Å². The fourth-order valence-electron chi connectivity index (χ4n) is 2.12. The van der Waals surface area contributed by atoms with Gasteiger partial charge in [0.15, 0.2) is 0 Å². The number of rotatable bonds is 6. The van der Waals surface area contributed by atoms with Crippen molar-refractivity contribution in [3.8, 4) is 0 Å². The van der Waals surface area contributed by atoms with Crippen LogP contribution >= 0.6 is 11.3 Å². The molecular weight excluding hydrogens is 296 g/mol. The first-order valence-corrected chi connectivity index (χ1v) is 8.82. The predicted octanol–water partition coefficient (Wildman–Crippen LogP) is 1.70. The molecule has 112 valence electrons. The molecule has 1 aliphatic rings. The van der Waals surface area contributed by atoms with E-state index >= 15 is 0 Å². The van der Waals surface area contributed by atoms with E-state index in [1.807, 2.05) is 24.4 Å². The lowest BCUT2D eigenvalue weighted by Crippen LogP contribution is -2.50. The van der Waals surface area contributed by atoms with Crippen LogP contribution in [-0.4, -0.2) is 49.4 Å². The van der Waals surface area contributed by atoms with Crippen LogP contribution in [0.2, 0.25) is 0 Å². The lowest BCUT2D eigenvalue weighted by molar-refractivity contribution is 0.00831. The number of hydrogen-bond donors (Lipinski definition) is 0. The number of nitrogens with zero attached hydrogens (tertiary/aromatic N) is 2. The summed E-state index contributed by atoms with van der Waals surface area (Å²) in [4.78, 5) is 1.02. The molecule has 1 unspecified atom stereocenters. The van der Waals surface area contributed by atoms with E-state index in [4.69, 9.17) is 4.74 Å². The van der Waals surface area contributed by atoms with Crippen LogP contribution in [0.1, 0.15) is 11.8 Å². The van der Waals surface area contributed by atoms with E-state index < -0.39 is 10.2 Å². The summed E-state index contributed by atoms with van der Waals surface area (Å²) in [6, 6.07) is 3.87. The number of hydrogen-bond acceptors (Lipinski definition) is 4. The molecular formula is C13H20N2O3S2. The van der Waals surface area contributed by atoms with Crippen molar-refractivity contribution in [1.82, 2.24) is 8.61 Å². The van der Waals surface area contributed by atoms with Gasteiger partial charge in [-0.15, -0.1) is 17.9 Å². The van der Waals surface area contributed by atoms with E-state index in [9.17, 15) is 8.42 Å². The van der Waals surface area contributed by atoms with Crippen LogP contribution in [0.25, 0.3) is 0 Å². The molecule has 7 heteroatoms. The van der Waals surface area contributed by atoms with Crippen molar-refractivity contribution in [3.05, 3.63) is 35.0 Å². The van der Waals surface area contributed by atoms with Crippen LogP contribution in [0, 0.1) is 0 Å². The molecule has 1 saturated heterocycles.